The maximum absolute atomic E-state index is 13.0. The molecule has 0 saturated heterocycles. The van der Waals surface area contributed by atoms with Gasteiger partial charge in [-0.2, -0.15) is 0 Å². The number of aromatic hydroxyl groups is 2. The van der Waals surface area contributed by atoms with Crippen molar-refractivity contribution in [3.05, 3.63) is 56.5 Å². The molecule has 0 spiro atoms. The first-order valence-corrected chi connectivity index (χ1v) is 11.5. The number of phenols is 2. The van der Waals surface area contributed by atoms with Crippen molar-refractivity contribution >= 4 is 16.8 Å². The molecule has 0 aliphatic carbocycles. The molecule has 0 aliphatic rings. The third-order valence-corrected chi connectivity index (χ3v) is 5.63. The van der Waals surface area contributed by atoms with Crippen molar-refractivity contribution in [1.29, 1.82) is 0 Å². The average molecular weight is 457 g/mol. The van der Waals surface area contributed by atoms with Crippen molar-refractivity contribution in [2.45, 2.75) is 79.8 Å². The zero-order chi connectivity index (χ0) is 24.9. The Balaban J connectivity index is 2.76. The molecule has 2 aromatic rings. The predicted octanol–water partition coefficient (Wildman–Crippen LogP) is 6.11. The fraction of sp³-hybridized carbons (Fsp3) is 0.481. The lowest BCUT2D eigenvalue weighted by atomic mass is 9.91. The number of aliphatic hydroxyl groups is 1. The maximum Gasteiger partial charge on any atom is 0.336 e. The van der Waals surface area contributed by atoms with Gasteiger partial charge in [-0.25, -0.2) is 4.79 Å². The zero-order valence-corrected chi connectivity index (χ0v) is 20.5. The summed E-state index contributed by atoms with van der Waals surface area (Å²) in [7, 11) is 0. The Labute approximate surface area is 195 Å². The molecule has 0 amide bonds. The van der Waals surface area contributed by atoms with Gasteiger partial charge in [-0.3, -0.25) is 4.79 Å². The number of carbonyl (C=O) groups excluding carboxylic acids is 1. The third kappa shape index (κ3) is 6.35. The van der Waals surface area contributed by atoms with E-state index < -0.39 is 23.3 Å². The van der Waals surface area contributed by atoms with Gasteiger partial charge in [0, 0.05) is 23.6 Å². The summed E-state index contributed by atoms with van der Waals surface area (Å²) in [6.45, 7) is 11.5. The standard InChI is InChI=1S/C27H36O6/c1-7-20(28)19-14-22(30)33-27-18(12-11-17(6)10-8-9-15(2)3)25(31)24(26(32)23(19)27)21(29)13-16(4)5/h9,11,14,16,20,28,31-32H,7-8,10,12-13H2,1-6H3/t20-/m0/s1. The molecule has 1 heterocycles. The molecule has 0 aliphatic heterocycles. The SMILES string of the molecule is CC[C@H](O)c1cc(=O)oc2c(CC=C(C)CCC=C(C)C)c(O)c(C(=O)CC(C)C)c(O)c12. The van der Waals surface area contributed by atoms with Gasteiger partial charge in [-0.15, -0.1) is 0 Å². The lowest BCUT2D eigenvalue weighted by Gasteiger charge is -2.18. The number of Topliss-reactive ketones (excluding diaryl/α,β-unsaturated/α-hetero) is 1. The van der Waals surface area contributed by atoms with Crippen molar-refractivity contribution in [3.63, 3.8) is 0 Å². The number of ketones is 1. The van der Waals surface area contributed by atoms with Crippen LogP contribution in [0.1, 0.15) is 94.8 Å². The Hall–Kier alpha value is -2.86. The molecule has 2 rings (SSSR count). The van der Waals surface area contributed by atoms with E-state index >= 15 is 0 Å². The smallest absolute Gasteiger partial charge is 0.336 e. The Morgan fingerprint density at radius 2 is 1.79 bits per heavy atom. The molecule has 180 valence electrons. The largest absolute Gasteiger partial charge is 0.507 e. The average Bonchev–Trinajstić information content (AvgIpc) is 2.71. The Bertz CT molecular complexity index is 1130. The Kier molecular flexibility index (Phi) is 9.06. The second-order valence-corrected chi connectivity index (χ2v) is 9.30. The van der Waals surface area contributed by atoms with Gasteiger partial charge in [0.2, 0.25) is 0 Å². The first-order chi connectivity index (χ1) is 15.5. The summed E-state index contributed by atoms with van der Waals surface area (Å²) in [5.41, 5.74) is 1.85. The number of aliphatic hydroxyl groups excluding tert-OH is 1. The summed E-state index contributed by atoms with van der Waals surface area (Å²) >= 11 is 0. The fourth-order valence-corrected chi connectivity index (χ4v) is 3.84. The van der Waals surface area contributed by atoms with Crippen LogP contribution in [0.3, 0.4) is 0 Å². The number of allylic oxidation sites excluding steroid dienone is 4. The van der Waals surface area contributed by atoms with Crippen LogP contribution in [0.2, 0.25) is 0 Å². The minimum Gasteiger partial charge on any atom is -0.507 e. The van der Waals surface area contributed by atoms with E-state index in [0.717, 1.165) is 24.5 Å². The van der Waals surface area contributed by atoms with E-state index in [2.05, 4.69) is 6.08 Å². The molecule has 6 heteroatoms. The van der Waals surface area contributed by atoms with E-state index in [1.165, 1.54) is 5.57 Å². The van der Waals surface area contributed by atoms with Gasteiger partial charge in [-0.05, 0) is 52.4 Å². The van der Waals surface area contributed by atoms with Crippen molar-refractivity contribution in [1.82, 2.24) is 0 Å². The van der Waals surface area contributed by atoms with Gasteiger partial charge >= 0.3 is 5.63 Å². The first-order valence-electron chi connectivity index (χ1n) is 11.5. The van der Waals surface area contributed by atoms with Crippen molar-refractivity contribution in [2.24, 2.45) is 5.92 Å². The van der Waals surface area contributed by atoms with E-state index in [-0.39, 0.29) is 52.2 Å². The van der Waals surface area contributed by atoms with Crippen LogP contribution in [0.25, 0.3) is 11.0 Å². The molecule has 33 heavy (non-hydrogen) atoms. The van der Waals surface area contributed by atoms with Gasteiger partial charge in [0.05, 0.1) is 11.5 Å². The van der Waals surface area contributed by atoms with Gasteiger partial charge in [0.15, 0.2) is 5.78 Å². The maximum atomic E-state index is 13.0. The lowest BCUT2D eigenvalue weighted by molar-refractivity contribution is 0.0962. The summed E-state index contributed by atoms with van der Waals surface area (Å²) in [5.74, 6) is -1.24. The number of benzene rings is 1. The Morgan fingerprint density at radius 3 is 2.36 bits per heavy atom. The van der Waals surface area contributed by atoms with E-state index in [1.54, 1.807) is 6.92 Å². The molecule has 6 nitrogen and oxygen atoms in total. The number of carbonyl (C=O) groups is 1. The molecular weight excluding hydrogens is 420 g/mol. The van der Waals surface area contributed by atoms with Gasteiger partial charge in [0.25, 0.3) is 0 Å². The number of hydrogen-bond acceptors (Lipinski definition) is 6. The molecule has 0 radical (unpaired) electrons. The fourth-order valence-electron chi connectivity index (χ4n) is 3.84. The van der Waals surface area contributed by atoms with Crippen molar-refractivity contribution < 1.29 is 24.5 Å². The second-order valence-electron chi connectivity index (χ2n) is 9.30. The molecular formula is C27H36O6. The summed E-state index contributed by atoms with van der Waals surface area (Å²) < 4.78 is 5.41. The van der Waals surface area contributed by atoms with Crippen LogP contribution >= 0.6 is 0 Å². The van der Waals surface area contributed by atoms with Crippen LogP contribution < -0.4 is 5.63 Å². The normalized spacial score (nSPS) is 12.9. The highest BCUT2D eigenvalue weighted by molar-refractivity contribution is 6.08. The number of phenolic OH excluding ortho intramolecular Hbond substituents is 2. The van der Waals surface area contributed by atoms with Crippen LogP contribution in [0.4, 0.5) is 0 Å². The minimum atomic E-state index is -1.03. The molecule has 1 aromatic carbocycles. The van der Waals surface area contributed by atoms with Crippen LogP contribution in [0.5, 0.6) is 11.5 Å². The topological polar surface area (TPSA) is 108 Å². The molecule has 0 bridgehead atoms. The van der Waals surface area contributed by atoms with Gasteiger partial charge in [0.1, 0.15) is 22.6 Å². The summed E-state index contributed by atoms with van der Waals surface area (Å²) in [4.78, 5) is 25.2. The Morgan fingerprint density at radius 1 is 1.12 bits per heavy atom. The molecule has 3 N–H and O–H groups in total. The molecule has 1 aromatic heterocycles. The van der Waals surface area contributed by atoms with Crippen LogP contribution in [-0.2, 0) is 6.42 Å². The monoisotopic (exact) mass is 456 g/mol. The number of fused-ring (bicyclic) bond motifs is 1. The number of hydrogen-bond donors (Lipinski definition) is 3. The van der Waals surface area contributed by atoms with E-state index in [0.29, 0.717) is 6.42 Å². The van der Waals surface area contributed by atoms with Crippen molar-refractivity contribution in [3.8, 4) is 11.5 Å². The lowest BCUT2D eigenvalue weighted by Crippen LogP contribution is -2.10. The second kappa shape index (κ2) is 11.3. The van der Waals surface area contributed by atoms with E-state index in [4.69, 9.17) is 4.42 Å². The number of rotatable bonds is 10. The summed E-state index contributed by atoms with van der Waals surface area (Å²) in [6.07, 6.45) is 5.38. The quantitative estimate of drug-likeness (QED) is 0.226. The van der Waals surface area contributed by atoms with Crippen LogP contribution in [0.15, 0.2) is 38.6 Å². The van der Waals surface area contributed by atoms with Gasteiger partial charge < -0.3 is 19.7 Å². The predicted molar refractivity (Wildman–Crippen MR) is 131 cm³/mol. The van der Waals surface area contributed by atoms with Crippen LogP contribution in [-0.4, -0.2) is 21.1 Å². The van der Waals surface area contributed by atoms with E-state index in [9.17, 15) is 24.9 Å². The highest BCUT2D eigenvalue weighted by Gasteiger charge is 2.28. The van der Waals surface area contributed by atoms with E-state index in [1.807, 2.05) is 40.7 Å². The highest BCUT2D eigenvalue weighted by atomic mass is 16.4. The zero-order valence-electron chi connectivity index (χ0n) is 20.5. The molecule has 1 atom stereocenters. The molecule has 0 fully saturated rings. The summed E-state index contributed by atoms with van der Waals surface area (Å²) in [5, 5.41) is 32.7. The first kappa shape index (κ1) is 26.4. The van der Waals surface area contributed by atoms with Crippen LogP contribution in [0, 0.1) is 5.92 Å². The molecule has 0 saturated carbocycles. The molecule has 0 unspecified atom stereocenters. The van der Waals surface area contributed by atoms with Crippen molar-refractivity contribution in [2.75, 3.05) is 0 Å². The third-order valence-electron chi connectivity index (χ3n) is 5.63. The summed E-state index contributed by atoms with van der Waals surface area (Å²) in [6, 6.07) is 1.13. The van der Waals surface area contributed by atoms with Gasteiger partial charge in [-0.1, -0.05) is 44.1 Å². The minimum absolute atomic E-state index is 0.00514. The highest BCUT2D eigenvalue weighted by Crippen LogP contribution is 2.43.